The van der Waals surface area contributed by atoms with Crippen LogP contribution in [0.2, 0.25) is 0 Å². The van der Waals surface area contributed by atoms with Crippen LogP contribution in [0.5, 0.6) is 0 Å². The Morgan fingerprint density at radius 2 is 2.18 bits per heavy atom. The number of H-pyrrole nitrogens is 1. The summed E-state index contributed by atoms with van der Waals surface area (Å²) in [5.74, 6) is 0.581. The average Bonchev–Trinajstić information content (AvgIpc) is 3.04. The van der Waals surface area contributed by atoms with Crippen molar-refractivity contribution in [1.82, 2.24) is 15.3 Å². The number of hydrogen-bond donors (Lipinski definition) is 2. The summed E-state index contributed by atoms with van der Waals surface area (Å²) in [6, 6.07) is 9.80. The Morgan fingerprint density at radius 3 is 2.96 bits per heavy atom. The summed E-state index contributed by atoms with van der Waals surface area (Å²) in [6.45, 7) is 4.57. The standard InChI is InChI=1S/C21H23N3O2S2/c1-12-8-9-15-16(10-12)28-20-17(15)19(26)23-21(24-20)27-13(2)18(25)22-11-14-6-4-3-5-7-14/h3-7,12-13H,8-11H2,1-2H3,(H,22,25)(H,23,24,26)/t12-,13+/m0/s1. The second-order valence-electron chi connectivity index (χ2n) is 7.37. The highest BCUT2D eigenvalue weighted by Crippen LogP contribution is 2.36. The van der Waals surface area contributed by atoms with E-state index in [0.29, 0.717) is 17.6 Å². The van der Waals surface area contributed by atoms with Crippen molar-refractivity contribution in [2.45, 2.75) is 50.1 Å². The number of aromatic nitrogens is 2. The molecule has 2 N–H and O–H groups in total. The minimum absolute atomic E-state index is 0.0732. The summed E-state index contributed by atoms with van der Waals surface area (Å²) in [5, 5.41) is 3.84. The number of fused-ring (bicyclic) bond motifs is 3. The molecule has 146 valence electrons. The molecule has 0 radical (unpaired) electrons. The lowest BCUT2D eigenvalue weighted by atomic mass is 9.89. The maximum Gasteiger partial charge on any atom is 0.260 e. The van der Waals surface area contributed by atoms with Crippen LogP contribution in [-0.2, 0) is 24.2 Å². The number of nitrogens with zero attached hydrogens (tertiary/aromatic N) is 1. The minimum Gasteiger partial charge on any atom is -0.351 e. The van der Waals surface area contributed by atoms with E-state index in [9.17, 15) is 9.59 Å². The van der Waals surface area contributed by atoms with Gasteiger partial charge in [0.15, 0.2) is 5.16 Å². The van der Waals surface area contributed by atoms with Crippen molar-refractivity contribution in [3.8, 4) is 0 Å². The average molecular weight is 414 g/mol. The molecule has 0 spiro atoms. The van der Waals surface area contributed by atoms with Crippen molar-refractivity contribution in [2.24, 2.45) is 5.92 Å². The Labute approximate surface area is 172 Å². The van der Waals surface area contributed by atoms with Gasteiger partial charge >= 0.3 is 0 Å². The molecule has 2 atom stereocenters. The van der Waals surface area contributed by atoms with Crippen molar-refractivity contribution < 1.29 is 4.79 Å². The van der Waals surface area contributed by atoms with E-state index in [2.05, 4.69) is 22.2 Å². The SMILES string of the molecule is C[C@H]1CCc2c(sc3nc(S[C@H](C)C(=O)NCc4ccccc4)[nH]c(=O)c23)C1. The molecule has 0 fully saturated rings. The first-order valence-electron chi connectivity index (χ1n) is 9.54. The number of aryl methyl sites for hydroxylation is 1. The Morgan fingerprint density at radius 1 is 1.39 bits per heavy atom. The lowest BCUT2D eigenvalue weighted by Gasteiger charge is -2.17. The topological polar surface area (TPSA) is 74.8 Å². The molecule has 0 saturated carbocycles. The van der Waals surface area contributed by atoms with Crippen LogP contribution in [0.1, 0.15) is 36.3 Å². The van der Waals surface area contributed by atoms with Crippen molar-refractivity contribution in [3.05, 3.63) is 56.7 Å². The Hall–Kier alpha value is -2.12. The molecule has 5 nitrogen and oxygen atoms in total. The number of carbonyl (C=O) groups excluding carboxylic acids is 1. The first kappa shape index (κ1) is 19.2. The largest absolute Gasteiger partial charge is 0.351 e. The van der Waals surface area contributed by atoms with Crippen LogP contribution in [0.25, 0.3) is 10.2 Å². The zero-order valence-electron chi connectivity index (χ0n) is 16.0. The van der Waals surface area contributed by atoms with Gasteiger partial charge < -0.3 is 10.3 Å². The van der Waals surface area contributed by atoms with Crippen LogP contribution in [0.3, 0.4) is 0 Å². The predicted molar refractivity (Wildman–Crippen MR) is 115 cm³/mol. The number of amides is 1. The quantitative estimate of drug-likeness (QED) is 0.491. The van der Waals surface area contributed by atoms with Gasteiger partial charge in [0, 0.05) is 11.4 Å². The van der Waals surface area contributed by atoms with E-state index in [1.807, 2.05) is 37.3 Å². The molecule has 1 aliphatic carbocycles. The highest BCUT2D eigenvalue weighted by Gasteiger charge is 2.24. The Balaban J connectivity index is 1.48. The number of aromatic amines is 1. The molecule has 2 heterocycles. The predicted octanol–water partition coefficient (Wildman–Crippen LogP) is 3.91. The number of hydrogen-bond acceptors (Lipinski definition) is 5. The van der Waals surface area contributed by atoms with E-state index in [0.717, 1.165) is 35.0 Å². The van der Waals surface area contributed by atoms with Crippen molar-refractivity contribution in [1.29, 1.82) is 0 Å². The molecule has 7 heteroatoms. The van der Waals surface area contributed by atoms with Crippen LogP contribution in [0.15, 0.2) is 40.3 Å². The number of nitrogens with one attached hydrogen (secondary N) is 2. The highest BCUT2D eigenvalue weighted by atomic mass is 32.2. The van der Waals surface area contributed by atoms with Gasteiger partial charge in [-0.1, -0.05) is 49.0 Å². The van der Waals surface area contributed by atoms with Gasteiger partial charge in [-0.15, -0.1) is 11.3 Å². The highest BCUT2D eigenvalue weighted by molar-refractivity contribution is 8.00. The van der Waals surface area contributed by atoms with Gasteiger partial charge in [0.05, 0.1) is 10.6 Å². The van der Waals surface area contributed by atoms with E-state index < -0.39 is 0 Å². The van der Waals surface area contributed by atoms with Crippen LogP contribution in [-0.4, -0.2) is 21.1 Å². The van der Waals surface area contributed by atoms with Gasteiger partial charge in [-0.05, 0) is 43.2 Å². The molecule has 0 bridgehead atoms. The third-order valence-electron chi connectivity index (χ3n) is 5.11. The van der Waals surface area contributed by atoms with Gasteiger partial charge in [-0.3, -0.25) is 9.59 Å². The summed E-state index contributed by atoms with van der Waals surface area (Å²) in [5.41, 5.74) is 2.15. The number of rotatable bonds is 5. The molecule has 28 heavy (non-hydrogen) atoms. The van der Waals surface area contributed by atoms with E-state index in [4.69, 9.17) is 0 Å². The van der Waals surface area contributed by atoms with Crippen LogP contribution >= 0.6 is 23.1 Å². The van der Waals surface area contributed by atoms with Gasteiger partial charge in [0.1, 0.15) is 4.83 Å². The molecule has 0 unspecified atom stereocenters. The summed E-state index contributed by atoms with van der Waals surface area (Å²) >= 11 is 2.92. The van der Waals surface area contributed by atoms with E-state index in [1.165, 1.54) is 22.2 Å². The number of carbonyl (C=O) groups is 1. The molecule has 1 amide bonds. The van der Waals surface area contributed by atoms with Crippen LogP contribution < -0.4 is 10.9 Å². The minimum atomic E-state index is -0.348. The number of thioether (sulfide) groups is 1. The van der Waals surface area contributed by atoms with Crippen LogP contribution in [0, 0.1) is 5.92 Å². The third kappa shape index (κ3) is 4.00. The summed E-state index contributed by atoms with van der Waals surface area (Å²) in [6.07, 6.45) is 3.09. The van der Waals surface area contributed by atoms with Crippen molar-refractivity contribution >= 4 is 39.2 Å². The van der Waals surface area contributed by atoms with Gasteiger partial charge in [-0.25, -0.2) is 4.98 Å². The molecule has 2 aromatic heterocycles. The second kappa shape index (κ2) is 8.09. The van der Waals surface area contributed by atoms with Gasteiger partial charge in [-0.2, -0.15) is 0 Å². The molecule has 1 aromatic carbocycles. The lowest BCUT2D eigenvalue weighted by molar-refractivity contribution is -0.120. The first-order valence-corrected chi connectivity index (χ1v) is 11.2. The number of thiophene rings is 1. The van der Waals surface area contributed by atoms with Crippen molar-refractivity contribution in [2.75, 3.05) is 0 Å². The Bertz CT molecular complexity index is 1060. The summed E-state index contributed by atoms with van der Waals surface area (Å²) < 4.78 is 0. The lowest BCUT2D eigenvalue weighted by Crippen LogP contribution is -2.30. The molecule has 0 aliphatic heterocycles. The second-order valence-corrected chi connectivity index (χ2v) is 9.78. The van der Waals surface area contributed by atoms with E-state index >= 15 is 0 Å². The maximum absolute atomic E-state index is 12.7. The zero-order chi connectivity index (χ0) is 19.7. The fourth-order valence-electron chi connectivity index (χ4n) is 3.53. The van der Waals surface area contributed by atoms with E-state index in [1.54, 1.807) is 11.3 Å². The van der Waals surface area contributed by atoms with Gasteiger partial charge in [0.25, 0.3) is 5.56 Å². The fourth-order valence-corrected chi connectivity index (χ4v) is 5.80. The van der Waals surface area contributed by atoms with Gasteiger partial charge in [0.2, 0.25) is 5.91 Å². The normalized spacial score (nSPS) is 17.3. The molecular weight excluding hydrogens is 390 g/mol. The molecule has 3 aromatic rings. The smallest absolute Gasteiger partial charge is 0.260 e. The maximum atomic E-state index is 12.7. The zero-order valence-corrected chi connectivity index (χ0v) is 17.6. The van der Waals surface area contributed by atoms with Crippen molar-refractivity contribution in [3.63, 3.8) is 0 Å². The first-order chi connectivity index (χ1) is 13.5. The number of benzene rings is 1. The monoisotopic (exact) mass is 413 g/mol. The third-order valence-corrected chi connectivity index (χ3v) is 7.24. The summed E-state index contributed by atoms with van der Waals surface area (Å²) in [4.78, 5) is 34.7. The molecule has 1 aliphatic rings. The Kier molecular flexibility index (Phi) is 5.55. The fraction of sp³-hybridized carbons (Fsp3) is 0.381. The molecule has 0 saturated heterocycles. The summed E-state index contributed by atoms with van der Waals surface area (Å²) in [7, 11) is 0. The van der Waals surface area contributed by atoms with Crippen LogP contribution in [0.4, 0.5) is 0 Å². The molecule has 4 rings (SSSR count). The molecular formula is C21H23N3O2S2. The van der Waals surface area contributed by atoms with E-state index in [-0.39, 0.29) is 16.7 Å².